The fourth-order valence-electron chi connectivity index (χ4n) is 12.1. The maximum absolute atomic E-state index is 14.1. The number of likely N-dealkylation sites (tertiary alicyclic amines) is 2. The van der Waals surface area contributed by atoms with Crippen LogP contribution in [-0.4, -0.2) is 96.8 Å². The molecule has 360 valence electrons. The van der Waals surface area contributed by atoms with Gasteiger partial charge in [-0.05, 0) is 133 Å². The van der Waals surface area contributed by atoms with Crippen LogP contribution in [0.25, 0.3) is 27.8 Å². The van der Waals surface area contributed by atoms with Crippen molar-refractivity contribution in [3.8, 4) is 22.3 Å². The van der Waals surface area contributed by atoms with E-state index >= 15 is 0 Å². The standard InChI is InChI=1S/C55H69N7O6/c1-32(2)47(58-52(65)67-7)50(63)61-25-11-13-45(61)44-28-37(31-56-44)34-15-17-35(18-16-34)38-20-21-39(41-30-55(29-40(38)41)23-9-10-24-55)36-19-22-42-43(27-36)57-49(60-54(42,5)6)46-14-12-26-62(46)51(64)48(33(3)4)59-53(66)68-8/h15-22,27,31-33,45-48H,9-14,23-26,28-30H2,1-8H3,(H,57,60)(H,58,65)(H,59,66)/t45-,46-,47-,48-/m0/s1. The van der Waals surface area contributed by atoms with E-state index in [1.165, 1.54) is 73.3 Å². The average Bonchev–Trinajstić information content (AvgIpc) is 4.19. The van der Waals surface area contributed by atoms with Crippen molar-refractivity contribution in [3.63, 3.8) is 0 Å². The Labute approximate surface area is 401 Å². The van der Waals surface area contributed by atoms with Gasteiger partial charge >= 0.3 is 12.2 Å². The molecule has 13 heteroatoms. The molecule has 2 aliphatic carbocycles. The van der Waals surface area contributed by atoms with Gasteiger partial charge in [0.2, 0.25) is 11.8 Å². The summed E-state index contributed by atoms with van der Waals surface area (Å²) in [5, 5.41) is 9.26. The van der Waals surface area contributed by atoms with Crippen LogP contribution in [0.2, 0.25) is 0 Å². The largest absolute Gasteiger partial charge is 0.453 e. The van der Waals surface area contributed by atoms with Crippen LogP contribution < -0.4 is 16.0 Å². The SMILES string of the molecule is COC(=O)N[C@H](C(=O)N1CCC[C@H]1C1=NC=C(c2ccc(-c3ccc(-c4ccc5c(c4)NC([C@@H]4CCCN4C(=O)[C@@H](NC(=O)OC)C(C)C)=NC5(C)C)c4c3CC3(CCCC3)C4)cc2)C1)C(C)C. The van der Waals surface area contributed by atoms with E-state index in [0.717, 1.165) is 72.5 Å². The van der Waals surface area contributed by atoms with Crippen molar-refractivity contribution in [3.05, 3.63) is 83.1 Å². The summed E-state index contributed by atoms with van der Waals surface area (Å²) < 4.78 is 9.69. The first-order valence-electron chi connectivity index (χ1n) is 24.9. The van der Waals surface area contributed by atoms with Crippen LogP contribution in [-0.2, 0) is 37.4 Å². The molecule has 13 nitrogen and oxygen atoms in total. The monoisotopic (exact) mass is 924 g/mol. The van der Waals surface area contributed by atoms with E-state index in [4.69, 9.17) is 19.5 Å². The van der Waals surface area contributed by atoms with Gasteiger partial charge in [-0.15, -0.1) is 0 Å². The van der Waals surface area contributed by atoms with Crippen molar-refractivity contribution in [2.75, 3.05) is 32.6 Å². The molecule has 0 bridgehead atoms. The first-order chi connectivity index (χ1) is 32.6. The third-order valence-electron chi connectivity index (χ3n) is 15.7. The lowest BCUT2D eigenvalue weighted by Crippen LogP contribution is -2.55. The molecule has 3 aromatic rings. The number of hydrogen-bond donors (Lipinski definition) is 3. The lowest BCUT2D eigenvalue weighted by atomic mass is 9.82. The molecule has 9 rings (SSSR count). The summed E-state index contributed by atoms with van der Waals surface area (Å²) in [6.45, 7) is 13.3. The second-order valence-corrected chi connectivity index (χ2v) is 21.2. The highest BCUT2D eigenvalue weighted by Gasteiger charge is 2.44. The lowest BCUT2D eigenvalue weighted by molar-refractivity contribution is -0.134. The predicted octanol–water partition coefficient (Wildman–Crippen LogP) is 9.67. The normalized spacial score (nSPS) is 22.0. The van der Waals surface area contributed by atoms with Crippen molar-refractivity contribution in [1.82, 2.24) is 20.4 Å². The number of ether oxygens (including phenoxy) is 2. The number of aliphatic imine (C=N–C) groups is 2. The Bertz CT molecular complexity index is 2570. The predicted molar refractivity (Wildman–Crippen MR) is 268 cm³/mol. The van der Waals surface area contributed by atoms with Gasteiger partial charge in [-0.2, -0.15) is 0 Å². The summed E-state index contributed by atoms with van der Waals surface area (Å²) in [7, 11) is 2.63. The zero-order valence-corrected chi connectivity index (χ0v) is 41.2. The molecular formula is C55H69N7O6. The summed E-state index contributed by atoms with van der Waals surface area (Å²) in [5.74, 6) is 0.385. The number of fused-ring (bicyclic) bond motifs is 2. The van der Waals surface area contributed by atoms with Crippen molar-refractivity contribution < 1.29 is 28.7 Å². The van der Waals surface area contributed by atoms with Crippen LogP contribution in [0.15, 0.2) is 70.8 Å². The summed E-state index contributed by atoms with van der Waals surface area (Å²) >= 11 is 0. The number of amides is 4. The average molecular weight is 924 g/mol. The van der Waals surface area contributed by atoms with Gasteiger partial charge in [-0.3, -0.25) is 19.6 Å². The molecule has 0 unspecified atom stereocenters. The number of allylic oxidation sites excluding steroid dienone is 1. The maximum Gasteiger partial charge on any atom is 0.407 e. The van der Waals surface area contributed by atoms with Crippen LogP contribution in [0.1, 0.15) is 122 Å². The highest BCUT2D eigenvalue weighted by molar-refractivity contribution is 6.05. The Morgan fingerprint density at radius 2 is 1.24 bits per heavy atom. The third-order valence-corrected chi connectivity index (χ3v) is 15.7. The zero-order valence-electron chi connectivity index (χ0n) is 41.2. The Hall–Kier alpha value is -5.98. The molecular weight excluding hydrogens is 855 g/mol. The molecule has 0 radical (unpaired) electrons. The van der Waals surface area contributed by atoms with Gasteiger partial charge in [0.05, 0.1) is 31.8 Å². The van der Waals surface area contributed by atoms with E-state index in [9.17, 15) is 19.2 Å². The van der Waals surface area contributed by atoms with Gasteiger partial charge < -0.3 is 35.2 Å². The minimum absolute atomic E-state index is 0.0854. The molecule has 4 aliphatic heterocycles. The summed E-state index contributed by atoms with van der Waals surface area (Å²) in [6.07, 6.45) is 12.0. The molecule has 2 saturated heterocycles. The van der Waals surface area contributed by atoms with E-state index in [2.05, 4.69) is 84.4 Å². The highest BCUT2D eigenvalue weighted by Crippen LogP contribution is 2.53. The fourth-order valence-corrected chi connectivity index (χ4v) is 12.1. The highest BCUT2D eigenvalue weighted by atomic mass is 16.5. The van der Waals surface area contributed by atoms with E-state index in [-0.39, 0.29) is 35.7 Å². The van der Waals surface area contributed by atoms with Gasteiger partial charge in [0.25, 0.3) is 0 Å². The fraction of sp³-hybridized carbons (Fsp3) is 0.527. The third kappa shape index (κ3) is 8.93. The number of nitrogens with zero attached hydrogens (tertiary/aromatic N) is 4. The van der Waals surface area contributed by atoms with Gasteiger partial charge in [0.1, 0.15) is 17.9 Å². The van der Waals surface area contributed by atoms with Crippen LogP contribution in [0.5, 0.6) is 0 Å². The Kier molecular flexibility index (Phi) is 13.0. The molecule has 1 saturated carbocycles. The van der Waals surface area contributed by atoms with E-state index < -0.39 is 29.8 Å². The molecule has 0 aromatic heterocycles. The van der Waals surface area contributed by atoms with Crippen molar-refractivity contribution in [2.45, 2.75) is 142 Å². The van der Waals surface area contributed by atoms with E-state index in [0.29, 0.717) is 24.9 Å². The number of carbonyl (C=O) groups is 4. The Morgan fingerprint density at radius 1 is 0.706 bits per heavy atom. The first kappa shape index (κ1) is 47.1. The smallest absolute Gasteiger partial charge is 0.407 e. The molecule has 1 spiro atoms. The summed E-state index contributed by atoms with van der Waals surface area (Å²) in [4.78, 5) is 66.1. The number of hydrogen-bond acceptors (Lipinski definition) is 9. The molecule has 4 heterocycles. The summed E-state index contributed by atoms with van der Waals surface area (Å²) in [6, 6.07) is 18.7. The van der Waals surface area contributed by atoms with Crippen molar-refractivity contribution >= 4 is 46.8 Å². The number of alkyl carbamates (subject to hydrolysis) is 2. The van der Waals surface area contributed by atoms with Gasteiger partial charge in [0.15, 0.2) is 0 Å². The Balaban J connectivity index is 0.949. The van der Waals surface area contributed by atoms with Crippen molar-refractivity contribution in [1.29, 1.82) is 0 Å². The minimum atomic E-state index is -0.700. The minimum Gasteiger partial charge on any atom is -0.453 e. The number of anilines is 1. The molecule has 68 heavy (non-hydrogen) atoms. The second-order valence-electron chi connectivity index (χ2n) is 21.2. The first-order valence-corrected chi connectivity index (χ1v) is 24.9. The topological polar surface area (TPSA) is 154 Å². The van der Waals surface area contributed by atoms with E-state index in [1.54, 1.807) is 0 Å². The number of rotatable bonds is 11. The van der Waals surface area contributed by atoms with Crippen LogP contribution >= 0.6 is 0 Å². The Morgan fingerprint density at radius 3 is 1.81 bits per heavy atom. The number of amidine groups is 1. The molecule has 6 aliphatic rings. The zero-order chi connectivity index (χ0) is 48.1. The second kappa shape index (κ2) is 18.8. The molecule has 3 N–H and O–H groups in total. The van der Waals surface area contributed by atoms with Gasteiger partial charge in [0, 0.05) is 42.7 Å². The van der Waals surface area contributed by atoms with Crippen LogP contribution in [0.3, 0.4) is 0 Å². The quantitative estimate of drug-likeness (QED) is 0.173. The molecule has 3 aromatic carbocycles. The van der Waals surface area contributed by atoms with Gasteiger partial charge in [-0.1, -0.05) is 89.1 Å². The number of methoxy groups -OCH3 is 2. The lowest BCUT2D eigenvalue weighted by Gasteiger charge is -2.37. The number of carbonyl (C=O) groups excluding carboxylic acids is 4. The maximum atomic E-state index is 14.1. The number of benzene rings is 3. The summed E-state index contributed by atoms with van der Waals surface area (Å²) in [5.41, 5.74) is 13.1. The van der Waals surface area contributed by atoms with E-state index in [1.807, 2.05) is 43.7 Å². The number of nitrogens with one attached hydrogen (secondary N) is 3. The molecule has 4 amide bonds. The van der Waals surface area contributed by atoms with Crippen LogP contribution in [0, 0.1) is 17.3 Å². The van der Waals surface area contributed by atoms with Crippen LogP contribution in [0.4, 0.5) is 15.3 Å². The molecule has 4 atom stereocenters. The van der Waals surface area contributed by atoms with Gasteiger partial charge in [-0.25, -0.2) is 9.59 Å². The molecule has 3 fully saturated rings. The van der Waals surface area contributed by atoms with Crippen molar-refractivity contribution in [2.24, 2.45) is 27.2 Å².